The van der Waals surface area contributed by atoms with Crippen LogP contribution in [0.4, 0.5) is 0 Å². The average Bonchev–Trinajstić information content (AvgIpc) is 3.50. The Bertz CT molecular complexity index is 1080. The standard InChI is InChI=1S/C20H24N8OS/c1-26-7-4-16-18(23-13-24-19(16)26)15-10-25-28(12-15)17(2-5-21)14-3-8-27(11-14)20(30)22-6-9-29/h4,7,10,12-14,17,29H,2-3,6,8-9,11H2,1H3,(H,22,30). The number of likely N-dealkylation sites (tertiary alicyclic amines) is 1. The number of hydrogen-bond acceptors (Lipinski definition) is 6. The van der Waals surface area contributed by atoms with Crippen molar-refractivity contribution < 1.29 is 5.11 Å². The van der Waals surface area contributed by atoms with E-state index in [0.29, 0.717) is 18.1 Å². The van der Waals surface area contributed by atoms with Crippen LogP contribution in [-0.2, 0) is 7.05 Å². The highest BCUT2D eigenvalue weighted by molar-refractivity contribution is 7.80. The maximum atomic E-state index is 9.42. The van der Waals surface area contributed by atoms with Crippen LogP contribution in [0.25, 0.3) is 22.3 Å². The molecule has 0 bridgehead atoms. The number of aryl methyl sites for hydroxylation is 1. The lowest BCUT2D eigenvalue weighted by Crippen LogP contribution is -2.39. The number of aliphatic hydroxyl groups is 1. The van der Waals surface area contributed by atoms with Gasteiger partial charge in [-0.3, -0.25) is 4.68 Å². The van der Waals surface area contributed by atoms with Crippen LogP contribution in [0.2, 0.25) is 0 Å². The minimum absolute atomic E-state index is 0.0394. The fourth-order valence-corrected chi connectivity index (χ4v) is 4.35. The van der Waals surface area contributed by atoms with Gasteiger partial charge in [0.25, 0.3) is 0 Å². The summed E-state index contributed by atoms with van der Waals surface area (Å²) in [6, 6.07) is 4.28. The molecule has 1 aliphatic heterocycles. The molecule has 0 saturated carbocycles. The van der Waals surface area contributed by atoms with E-state index >= 15 is 0 Å². The lowest BCUT2D eigenvalue weighted by Gasteiger charge is -2.24. The lowest BCUT2D eigenvalue weighted by atomic mass is 9.96. The molecule has 0 aliphatic carbocycles. The number of nitriles is 1. The summed E-state index contributed by atoms with van der Waals surface area (Å²) >= 11 is 5.42. The van der Waals surface area contributed by atoms with Crippen molar-refractivity contribution in [2.75, 3.05) is 26.2 Å². The summed E-state index contributed by atoms with van der Waals surface area (Å²) in [5.41, 5.74) is 2.62. The number of nitrogens with one attached hydrogen (secondary N) is 1. The Hall–Kier alpha value is -3.03. The normalized spacial score (nSPS) is 17.2. The monoisotopic (exact) mass is 424 g/mol. The zero-order valence-electron chi connectivity index (χ0n) is 16.8. The van der Waals surface area contributed by atoms with E-state index in [4.69, 9.17) is 17.3 Å². The molecule has 0 spiro atoms. The minimum Gasteiger partial charge on any atom is -0.395 e. The summed E-state index contributed by atoms with van der Waals surface area (Å²) in [6.45, 7) is 2.07. The van der Waals surface area contributed by atoms with Gasteiger partial charge in [0.1, 0.15) is 12.0 Å². The van der Waals surface area contributed by atoms with Gasteiger partial charge in [0.05, 0.1) is 37.0 Å². The molecule has 2 atom stereocenters. The fourth-order valence-electron chi connectivity index (χ4n) is 4.08. The Kier molecular flexibility index (Phi) is 5.92. The molecule has 1 aliphatic rings. The van der Waals surface area contributed by atoms with Crippen LogP contribution in [0, 0.1) is 17.2 Å². The van der Waals surface area contributed by atoms with Crippen molar-refractivity contribution in [3.63, 3.8) is 0 Å². The summed E-state index contributed by atoms with van der Waals surface area (Å²) < 4.78 is 3.86. The van der Waals surface area contributed by atoms with Crippen LogP contribution in [-0.4, -0.2) is 65.7 Å². The molecule has 2 unspecified atom stereocenters. The number of hydrogen-bond donors (Lipinski definition) is 2. The van der Waals surface area contributed by atoms with E-state index in [-0.39, 0.29) is 18.6 Å². The molecule has 3 aromatic heterocycles. The molecular formula is C20H24N8OS. The molecule has 3 aromatic rings. The van der Waals surface area contributed by atoms with Gasteiger partial charge >= 0.3 is 0 Å². The lowest BCUT2D eigenvalue weighted by molar-refractivity contribution is 0.296. The van der Waals surface area contributed by atoms with Gasteiger partial charge in [0.15, 0.2) is 5.11 Å². The smallest absolute Gasteiger partial charge is 0.169 e. The van der Waals surface area contributed by atoms with E-state index in [9.17, 15) is 5.26 Å². The van der Waals surface area contributed by atoms with Crippen LogP contribution < -0.4 is 5.32 Å². The van der Waals surface area contributed by atoms with Gasteiger partial charge < -0.3 is 19.9 Å². The van der Waals surface area contributed by atoms with Gasteiger partial charge in [0.2, 0.25) is 0 Å². The summed E-state index contributed by atoms with van der Waals surface area (Å²) in [4.78, 5) is 10.9. The van der Waals surface area contributed by atoms with Gasteiger partial charge in [-0.05, 0) is 24.7 Å². The van der Waals surface area contributed by atoms with Crippen molar-refractivity contribution >= 4 is 28.4 Å². The second kappa shape index (κ2) is 8.77. The van der Waals surface area contributed by atoms with E-state index in [1.165, 1.54) is 0 Å². The molecule has 4 rings (SSSR count). The Morgan fingerprint density at radius 3 is 3.13 bits per heavy atom. The Balaban J connectivity index is 1.56. The average molecular weight is 425 g/mol. The molecule has 2 N–H and O–H groups in total. The van der Waals surface area contributed by atoms with Crippen molar-refractivity contribution in [1.29, 1.82) is 5.26 Å². The number of thiocarbonyl (C=S) groups is 1. The highest BCUT2D eigenvalue weighted by Crippen LogP contribution is 2.32. The molecule has 1 saturated heterocycles. The first-order chi connectivity index (χ1) is 14.6. The quantitative estimate of drug-likeness (QED) is 0.573. The largest absolute Gasteiger partial charge is 0.395 e. The maximum Gasteiger partial charge on any atom is 0.169 e. The Morgan fingerprint density at radius 1 is 1.47 bits per heavy atom. The van der Waals surface area contributed by atoms with Crippen LogP contribution in [0.3, 0.4) is 0 Å². The van der Waals surface area contributed by atoms with Crippen molar-refractivity contribution in [3.8, 4) is 17.3 Å². The van der Waals surface area contributed by atoms with Crippen LogP contribution in [0.5, 0.6) is 0 Å². The molecule has 0 amide bonds. The van der Waals surface area contributed by atoms with Crippen LogP contribution in [0.1, 0.15) is 18.9 Å². The SMILES string of the molecule is Cn1ccc2c(-c3cnn(C(CC#N)C4CCN(C(=S)NCCO)C4)c3)ncnc21. The number of fused-ring (bicyclic) bond motifs is 1. The Labute approximate surface area is 179 Å². The van der Waals surface area contributed by atoms with E-state index in [1.807, 2.05) is 34.8 Å². The second-order valence-corrected chi connectivity index (χ2v) is 7.86. The topological polar surface area (TPSA) is 108 Å². The van der Waals surface area contributed by atoms with E-state index in [2.05, 4.69) is 31.4 Å². The maximum absolute atomic E-state index is 9.42. The zero-order valence-corrected chi connectivity index (χ0v) is 17.6. The van der Waals surface area contributed by atoms with Gasteiger partial charge in [0, 0.05) is 55.9 Å². The first kappa shape index (κ1) is 20.3. The predicted octanol–water partition coefficient (Wildman–Crippen LogP) is 1.48. The number of rotatable bonds is 6. The molecule has 9 nitrogen and oxygen atoms in total. The summed E-state index contributed by atoms with van der Waals surface area (Å²) in [6.07, 6.45) is 8.62. The number of aliphatic hydroxyl groups excluding tert-OH is 1. The minimum atomic E-state index is -0.0394. The molecule has 0 radical (unpaired) electrons. The summed E-state index contributed by atoms with van der Waals surface area (Å²) in [7, 11) is 1.96. The molecular weight excluding hydrogens is 400 g/mol. The number of nitrogens with zero attached hydrogens (tertiary/aromatic N) is 7. The fraction of sp³-hybridized carbons (Fsp3) is 0.450. The van der Waals surface area contributed by atoms with Crippen molar-refractivity contribution in [1.82, 2.24) is 34.5 Å². The first-order valence-electron chi connectivity index (χ1n) is 9.93. The van der Waals surface area contributed by atoms with Crippen LogP contribution >= 0.6 is 12.2 Å². The predicted molar refractivity (Wildman–Crippen MR) is 116 cm³/mol. The van der Waals surface area contributed by atoms with Gasteiger partial charge in [-0.25, -0.2) is 9.97 Å². The van der Waals surface area contributed by atoms with Gasteiger partial charge in [-0.1, -0.05) is 0 Å². The van der Waals surface area contributed by atoms with Gasteiger partial charge in [-0.2, -0.15) is 10.4 Å². The molecule has 1 fully saturated rings. The van der Waals surface area contributed by atoms with Crippen LogP contribution in [0.15, 0.2) is 31.0 Å². The highest BCUT2D eigenvalue weighted by atomic mass is 32.1. The summed E-state index contributed by atoms with van der Waals surface area (Å²) in [5.74, 6) is 0.258. The van der Waals surface area contributed by atoms with E-state index in [0.717, 1.165) is 41.8 Å². The molecule has 0 aromatic carbocycles. The third kappa shape index (κ3) is 3.86. The van der Waals surface area contributed by atoms with E-state index in [1.54, 1.807) is 12.5 Å². The van der Waals surface area contributed by atoms with Crippen molar-refractivity contribution in [2.24, 2.45) is 13.0 Å². The summed E-state index contributed by atoms with van der Waals surface area (Å²) in [5, 5.41) is 27.7. The van der Waals surface area contributed by atoms with E-state index < -0.39 is 0 Å². The molecule has 4 heterocycles. The van der Waals surface area contributed by atoms with Crippen molar-refractivity contribution in [3.05, 3.63) is 31.0 Å². The molecule has 10 heteroatoms. The Morgan fingerprint density at radius 2 is 2.33 bits per heavy atom. The second-order valence-electron chi connectivity index (χ2n) is 7.48. The third-order valence-corrected chi connectivity index (χ3v) is 6.02. The van der Waals surface area contributed by atoms with Crippen molar-refractivity contribution in [2.45, 2.75) is 18.9 Å². The van der Waals surface area contributed by atoms with Gasteiger partial charge in [-0.15, -0.1) is 0 Å². The number of aromatic nitrogens is 5. The third-order valence-electron chi connectivity index (χ3n) is 5.62. The zero-order chi connectivity index (χ0) is 21.1. The molecule has 30 heavy (non-hydrogen) atoms. The first-order valence-corrected chi connectivity index (χ1v) is 10.3. The highest BCUT2D eigenvalue weighted by Gasteiger charge is 2.32. The molecule has 156 valence electrons.